The Balaban J connectivity index is 3.36. The first-order valence-corrected chi connectivity index (χ1v) is 8.12. The Kier molecular flexibility index (Phi) is 17.0. The van der Waals surface area contributed by atoms with Crippen LogP contribution in [0.15, 0.2) is 48.6 Å². The predicted octanol–water partition coefficient (Wildman–Crippen LogP) is 5.73. The van der Waals surface area contributed by atoms with Crippen LogP contribution in [0.1, 0.15) is 64.7 Å². The lowest BCUT2D eigenvalue weighted by molar-refractivity contribution is 0.285. The lowest BCUT2D eigenvalue weighted by atomic mass is 10.2. The third-order valence-electron chi connectivity index (χ3n) is 2.99. The fraction of sp³-hybridized carbons (Fsp3) is 0.579. The van der Waals surface area contributed by atoms with Gasteiger partial charge in [-0.3, -0.25) is 0 Å². The molecule has 0 amide bonds. The zero-order chi connectivity index (χ0) is 14.7. The third kappa shape index (κ3) is 16.9. The second-order valence-electron chi connectivity index (χ2n) is 4.95. The summed E-state index contributed by atoms with van der Waals surface area (Å²) in [6.07, 6.45) is 27.8. The summed E-state index contributed by atoms with van der Waals surface area (Å²) in [6, 6.07) is 0. The normalized spacial score (nSPS) is 12.7. The number of unbranched alkanes of at least 4 members (excludes halogenated alkanes) is 4. The summed E-state index contributed by atoms with van der Waals surface area (Å²) in [5.74, 6) is 0. The smallest absolute Gasteiger partial charge is 0.0431 e. The molecule has 0 unspecified atom stereocenters. The molecule has 0 rings (SSSR count). The molecule has 0 saturated heterocycles. The molecule has 114 valence electrons. The van der Waals surface area contributed by atoms with Gasteiger partial charge in [-0.15, -0.1) is 0 Å². The van der Waals surface area contributed by atoms with Gasteiger partial charge in [0.15, 0.2) is 0 Å². The Labute approximate surface area is 125 Å². The van der Waals surface area contributed by atoms with Crippen molar-refractivity contribution in [3.8, 4) is 0 Å². The maximum absolute atomic E-state index is 8.64. The first-order valence-electron chi connectivity index (χ1n) is 8.12. The van der Waals surface area contributed by atoms with Gasteiger partial charge >= 0.3 is 0 Å². The molecule has 0 aromatic rings. The van der Waals surface area contributed by atoms with E-state index in [0.29, 0.717) is 6.61 Å². The number of rotatable bonds is 13. The Morgan fingerprint density at radius 3 is 1.50 bits per heavy atom. The Morgan fingerprint density at radius 1 is 0.600 bits per heavy atom. The molecule has 0 spiro atoms. The molecule has 1 N–H and O–H groups in total. The molecule has 0 aromatic carbocycles. The van der Waals surface area contributed by atoms with Gasteiger partial charge in [-0.25, -0.2) is 0 Å². The molecule has 0 aliphatic carbocycles. The van der Waals surface area contributed by atoms with Crippen molar-refractivity contribution in [1.82, 2.24) is 0 Å². The van der Waals surface area contributed by atoms with E-state index >= 15 is 0 Å². The molecule has 1 heteroatoms. The number of hydrogen-bond acceptors (Lipinski definition) is 1. The second kappa shape index (κ2) is 17.9. The molecule has 0 saturated carbocycles. The van der Waals surface area contributed by atoms with Crippen molar-refractivity contribution in [3.05, 3.63) is 48.6 Å². The maximum Gasteiger partial charge on any atom is 0.0431 e. The zero-order valence-electron chi connectivity index (χ0n) is 13.1. The maximum atomic E-state index is 8.64. The summed E-state index contributed by atoms with van der Waals surface area (Å²) < 4.78 is 0. The van der Waals surface area contributed by atoms with Gasteiger partial charge in [-0.2, -0.15) is 0 Å². The van der Waals surface area contributed by atoms with Gasteiger partial charge in [-0.05, 0) is 44.9 Å². The van der Waals surface area contributed by atoms with Crippen molar-refractivity contribution in [2.45, 2.75) is 64.7 Å². The van der Waals surface area contributed by atoms with Crippen LogP contribution >= 0.6 is 0 Å². The predicted molar refractivity (Wildman–Crippen MR) is 90.9 cm³/mol. The quantitative estimate of drug-likeness (QED) is 0.336. The van der Waals surface area contributed by atoms with E-state index in [4.69, 9.17) is 5.11 Å². The van der Waals surface area contributed by atoms with Crippen molar-refractivity contribution in [3.63, 3.8) is 0 Å². The van der Waals surface area contributed by atoms with Crippen LogP contribution in [0.25, 0.3) is 0 Å². The standard InChI is InChI=1S/C19H32O/c1-2-3-4-5-6-7-8-9-10-11-12-13-14-15-16-17-18-19-20/h5-6,8-9,11-12,14-15,20H,2-4,7,10,13,16-19H2,1H3/b6-5-,9-8-,12-11-,15-14-. The average Bonchev–Trinajstić information content (AvgIpc) is 2.47. The van der Waals surface area contributed by atoms with Gasteiger partial charge in [0.25, 0.3) is 0 Å². The Hall–Kier alpha value is -1.08. The zero-order valence-corrected chi connectivity index (χ0v) is 13.1. The molecule has 20 heavy (non-hydrogen) atoms. The van der Waals surface area contributed by atoms with Gasteiger partial charge in [-0.1, -0.05) is 68.4 Å². The van der Waals surface area contributed by atoms with Gasteiger partial charge < -0.3 is 5.11 Å². The molecule has 0 heterocycles. The molecule has 0 aliphatic rings. The van der Waals surface area contributed by atoms with Crippen LogP contribution in [-0.2, 0) is 0 Å². The van der Waals surface area contributed by atoms with Crippen LogP contribution in [0.3, 0.4) is 0 Å². The molecule has 1 nitrogen and oxygen atoms in total. The van der Waals surface area contributed by atoms with E-state index < -0.39 is 0 Å². The summed E-state index contributed by atoms with van der Waals surface area (Å²) >= 11 is 0. The highest BCUT2D eigenvalue weighted by Gasteiger charge is 1.81. The number of hydrogen-bond donors (Lipinski definition) is 1. The molecule has 0 fully saturated rings. The van der Waals surface area contributed by atoms with E-state index in [1.807, 2.05) is 0 Å². The van der Waals surface area contributed by atoms with Crippen molar-refractivity contribution in [1.29, 1.82) is 0 Å². The van der Waals surface area contributed by atoms with Crippen LogP contribution in [0.4, 0.5) is 0 Å². The minimum absolute atomic E-state index is 0.313. The van der Waals surface area contributed by atoms with Crippen molar-refractivity contribution >= 4 is 0 Å². The summed E-state index contributed by atoms with van der Waals surface area (Å²) in [7, 11) is 0. The van der Waals surface area contributed by atoms with E-state index in [1.165, 1.54) is 19.3 Å². The van der Waals surface area contributed by atoms with Crippen LogP contribution in [0, 0.1) is 0 Å². The van der Waals surface area contributed by atoms with Crippen molar-refractivity contribution in [2.75, 3.05) is 6.61 Å². The van der Waals surface area contributed by atoms with E-state index in [9.17, 15) is 0 Å². The molecule has 0 radical (unpaired) electrons. The minimum Gasteiger partial charge on any atom is -0.396 e. The van der Waals surface area contributed by atoms with E-state index in [1.54, 1.807) is 0 Å². The van der Waals surface area contributed by atoms with Crippen LogP contribution in [-0.4, -0.2) is 11.7 Å². The third-order valence-corrected chi connectivity index (χ3v) is 2.99. The summed E-state index contributed by atoms with van der Waals surface area (Å²) in [5, 5.41) is 8.64. The second-order valence-corrected chi connectivity index (χ2v) is 4.95. The number of aliphatic hydroxyl groups is 1. The van der Waals surface area contributed by atoms with E-state index in [-0.39, 0.29) is 0 Å². The highest BCUT2D eigenvalue weighted by Crippen LogP contribution is 1.99. The highest BCUT2D eigenvalue weighted by atomic mass is 16.2. The lowest BCUT2D eigenvalue weighted by Gasteiger charge is -1.90. The lowest BCUT2D eigenvalue weighted by Crippen LogP contribution is -1.79. The van der Waals surface area contributed by atoms with Gasteiger partial charge in [0.2, 0.25) is 0 Å². The first-order chi connectivity index (χ1) is 9.91. The van der Waals surface area contributed by atoms with Crippen molar-refractivity contribution in [2.24, 2.45) is 0 Å². The largest absolute Gasteiger partial charge is 0.396 e. The fourth-order valence-corrected chi connectivity index (χ4v) is 1.74. The van der Waals surface area contributed by atoms with Gasteiger partial charge in [0.1, 0.15) is 0 Å². The Bertz CT molecular complexity index is 284. The summed E-state index contributed by atoms with van der Waals surface area (Å²) in [4.78, 5) is 0. The molecule has 0 aromatic heterocycles. The molecule has 0 bridgehead atoms. The van der Waals surface area contributed by atoms with Crippen molar-refractivity contribution < 1.29 is 5.11 Å². The summed E-state index contributed by atoms with van der Waals surface area (Å²) in [5.41, 5.74) is 0. The van der Waals surface area contributed by atoms with Gasteiger partial charge in [0.05, 0.1) is 0 Å². The van der Waals surface area contributed by atoms with E-state index in [0.717, 1.165) is 38.5 Å². The molecular weight excluding hydrogens is 244 g/mol. The SMILES string of the molecule is CCCC/C=C\C/C=C\C/C=C\C/C=C\CCCCO. The highest BCUT2D eigenvalue weighted by molar-refractivity contribution is 4.99. The number of aliphatic hydroxyl groups excluding tert-OH is 1. The topological polar surface area (TPSA) is 20.2 Å². The average molecular weight is 276 g/mol. The first kappa shape index (κ1) is 18.9. The Morgan fingerprint density at radius 2 is 1.05 bits per heavy atom. The minimum atomic E-state index is 0.313. The number of allylic oxidation sites excluding steroid dienone is 8. The molecular formula is C19H32O. The fourth-order valence-electron chi connectivity index (χ4n) is 1.74. The molecule has 0 aliphatic heterocycles. The van der Waals surface area contributed by atoms with Gasteiger partial charge in [0, 0.05) is 6.61 Å². The van der Waals surface area contributed by atoms with Crippen LogP contribution in [0.2, 0.25) is 0 Å². The summed E-state index contributed by atoms with van der Waals surface area (Å²) in [6.45, 7) is 2.54. The molecule has 0 atom stereocenters. The monoisotopic (exact) mass is 276 g/mol. The van der Waals surface area contributed by atoms with Crippen LogP contribution in [0.5, 0.6) is 0 Å². The van der Waals surface area contributed by atoms with Crippen LogP contribution < -0.4 is 0 Å². The van der Waals surface area contributed by atoms with E-state index in [2.05, 4.69) is 55.5 Å².